The van der Waals surface area contributed by atoms with Crippen LogP contribution in [0.4, 0.5) is 0 Å². The maximum absolute atomic E-state index is 12.5. The number of carbonyl (C=O) groups excluding carboxylic acids is 1. The summed E-state index contributed by atoms with van der Waals surface area (Å²) >= 11 is 0. The quantitative estimate of drug-likeness (QED) is 0.0364. The van der Waals surface area contributed by atoms with Crippen molar-refractivity contribution in [2.75, 3.05) is 6.61 Å². The van der Waals surface area contributed by atoms with Crippen LogP contribution in [0.1, 0.15) is 277 Å². The van der Waals surface area contributed by atoms with Crippen LogP contribution in [0.3, 0.4) is 0 Å². The lowest BCUT2D eigenvalue weighted by molar-refractivity contribution is -0.124. The second-order valence-corrected chi connectivity index (χ2v) is 17.7. The van der Waals surface area contributed by atoms with E-state index >= 15 is 0 Å². The zero-order valence-electron chi connectivity index (χ0n) is 38.5. The minimum atomic E-state index is -1.16. The Bertz CT molecular complexity index is 844. The average molecular weight is 804 g/mol. The summed E-state index contributed by atoms with van der Waals surface area (Å²) in [6.45, 7) is 4.19. The lowest BCUT2D eigenvalue weighted by Gasteiger charge is -2.26. The Hall–Kier alpha value is -1.17. The second kappa shape index (κ2) is 47.5. The summed E-state index contributed by atoms with van der Waals surface area (Å²) in [5, 5.41) is 33.7. The van der Waals surface area contributed by atoms with Gasteiger partial charge in [-0.2, -0.15) is 0 Å². The highest BCUT2D eigenvalue weighted by atomic mass is 16.3. The van der Waals surface area contributed by atoms with Gasteiger partial charge in [-0.3, -0.25) is 4.79 Å². The van der Waals surface area contributed by atoms with E-state index in [0.29, 0.717) is 12.8 Å². The average Bonchev–Trinajstić information content (AvgIpc) is 3.22. The van der Waals surface area contributed by atoms with E-state index in [2.05, 4.69) is 43.5 Å². The number of amides is 1. The number of aliphatic hydroxyl groups is 3. The molecule has 0 fully saturated rings. The van der Waals surface area contributed by atoms with E-state index in [1.54, 1.807) is 0 Å². The molecule has 57 heavy (non-hydrogen) atoms. The molecule has 3 unspecified atom stereocenters. The van der Waals surface area contributed by atoms with Gasteiger partial charge < -0.3 is 20.6 Å². The number of rotatable bonds is 47. The highest BCUT2D eigenvalue weighted by molar-refractivity contribution is 5.76. The summed E-state index contributed by atoms with van der Waals surface area (Å²) in [5.41, 5.74) is 0. The van der Waals surface area contributed by atoms with Gasteiger partial charge in [0.1, 0.15) is 6.10 Å². The molecular weight excluding hydrogens is 703 g/mol. The summed E-state index contributed by atoms with van der Waals surface area (Å²) in [6.07, 6.45) is 58.8. The molecular formula is C52H101NO4. The molecule has 5 nitrogen and oxygen atoms in total. The number of nitrogens with one attached hydrogen (secondary N) is 1. The van der Waals surface area contributed by atoms with Crippen LogP contribution in [-0.4, -0.2) is 46.1 Å². The van der Waals surface area contributed by atoms with Crippen LogP contribution in [0.25, 0.3) is 0 Å². The normalized spacial score (nSPS) is 13.6. The van der Waals surface area contributed by atoms with Crippen LogP contribution in [0, 0.1) is 0 Å². The van der Waals surface area contributed by atoms with Gasteiger partial charge >= 0.3 is 0 Å². The Labute approximate surface area is 356 Å². The highest BCUT2D eigenvalue weighted by Gasteiger charge is 2.26. The Morgan fingerprint density at radius 2 is 0.702 bits per heavy atom. The molecule has 0 aliphatic heterocycles. The predicted octanol–water partition coefficient (Wildman–Crippen LogP) is 15.3. The minimum absolute atomic E-state index is 0.155. The van der Waals surface area contributed by atoms with Gasteiger partial charge in [-0.15, -0.1) is 0 Å². The SMILES string of the molecule is CCCCCCCCCCCCCC/C=C\CCCCCCCCCC(=O)NC(CO)C(O)C(O)CCC/C=C/CCCCCCCCCCCCCCCCC. The van der Waals surface area contributed by atoms with Crippen molar-refractivity contribution < 1.29 is 20.1 Å². The van der Waals surface area contributed by atoms with Crippen LogP contribution in [-0.2, 0) is 4.79 Å². The number of hydrogen-bond donors (Lipinski definition) is 4. The maximum atomic E-state index is 12.5. The smallest absolute Gasteiger partial charge is 0.220 e. The zero-order valence-corrected chi connectivity index (χ0v) is 38.5. The number of aliphatic hydroxyl groups excluding tert-OH is 3. The van der Waals surface area contributed by atoms with Crippen molar-refractivity contribution in [1.82, 2.24) is 5.32 Å². The third-order valence-corrected chi connectivity index (χ3v) is 12.0. The van der Waals surface area contributed by atoms with Crippen molar-refractivity contribution in [2.45, 2.75) is 295 Å². The first-order chi connectivity index (χ1) is 28.1. The molecule has 0 bridgehead atoms. The summed E-state index contributed by atoms with van der Waals surface area (Å²) in [5.74, 6) is -0.155. The Morgan fingerprint density at radius 3 is 1.02 bits per heavy atom. The topological polar surface area (TPSA) is 89.8 Å². The highest BCUT2D eigenvalue weighted by Crippen LogP contribution is 2.16. The van der Waals surface area contributed by atoms with Gasteiger partial charge in [0.05, 0.1) is 18.8 Å². The molecule has 0 aromatic rings. The molecule has 4 N–H and O–H groups in total. The monoisotopic (exact) mass is 804 g/mol. The Morgan fingerprint density at radius 1 is 0.421 bits per heavy atom. The Kier molecular flexibility index (Phi) is 46.5. The first kappa shape index (κ1) is 55.8. The van der Waals surface area contributed by atoms with E-state index in [-0.39, 0.29) is 12.5 Å². The van der Waals surface area contributed by atoms with Crippen LogP contribution >= 0.6 is 0 Å². The van der Waals surface area contributed by atoms with Crippen LogP contribution in [0.15, 0.2) is 24.3 Å². The van der Waals surface area contributed by atoms with Gasteiger partial charge in [0, 0.05) is 6.42 Å². The van der Waals surface area contributed by atoms with E-state index in [9.17, 15) is 20.1 Å². The number of allylic oxidation sites excluding steroid dienone is 4. The van der Waals surface area contributed by atoms with Crippen molar-refractivity contribution in [3.8, 4) is 0 Å². The molecule has 0 aromatic carbocycles. The largest absolute Gasteiger partial charge is 0.394 e. The summed E-state index contributed by atoms with van der Waals surface area (Å²) in [7, 11) is 0. The van der Waals surface area contributed by atoms with Crippen LogP contribution in [0.5, 0.6) is 0 Å². The number of hydrogen-bond acceptors (Lipinski definition) is 4. The standard InChI is InChI=1S/C52H101NO4/c1-3-5-7-9-11-13-15-17-19-21-23-25-26-27-29-31-33-35-37-39-41-43-45-47-51(56)53-49(48-54)52(57)50(55)46-44-42-40-38-36-34-32-30-28-24-22-20-18-16-14-12-10-8-6-4-2/h27,29,38,40,49-50,52,54-55,57H,3-26,28,30-37,39,41-48H2,1-2H3,(H,53,56)/b29-27-,40-38+. The van der Waals surface area contributed by atoms with Gasteiger partial charge in [-0.1, -0.05) is 231 Å². The molecule has 0 aliphatic carbocycles. The zero-order chi connectivity index (χ0) is 41.5. The molecule has 0 saturated carbocycles. The first-order valence-corrected chi connectivity index (χ1v) is 25.6. The minimum Gasteiger partial charge on any atom is -0.394 e. The van der Waals surface area contributed by atoms with Crippen molar-refractivity contribution in [3.63, 3.8) is 0 Å². The maximum Gasteiger partial charge on any atom is 0.220 e. The van der Waals surface area contributed by atoms with Crippen molar-refractivity contribution in [3.05, 3.63) is 24.3 Å². The molecule has 0 heterocycles. The van der Waals surface area contributed by atoms with Gasteiger partial charge in [0.15, 0.2) is 0 Å². The van der Waals surface area contributed by atoms with Gasteiger partial charge in [-0.25, -0.2) is 0 Å². The van der Waals surface area contributed by atoms with E-state index in [1.807, 2.05) is 0 Å². The first-order valence-electron chi connectivity index (χ1n) is 25.6. The summed E-state index contributed by atoms with van der Waals surface area (Å²) in [6, 6.07) is -0.827. The second-order valence-electron chi connectivity index (χ2n) is 17.7. The van der Waals surface area contributed by atoms with Gasteiger partial charge in [-0.05, 0) is 64.2 Å². The van der Waals surface area contributed by atoms with Gasteiger partial charge in [0.25, 0.3) is 0 Å². The fourth-order valence-corrected chi connectivity index (χ4v) is 8.04. The predicted molar refractivity (Wildman–Crippen MR) is 250 cm³/mol. The number of carbonyl (C=O) groups is 1. The van der Waals surface area contributed by atoms with E-state index in [4.69, 9.17) is 0 Å². The lowest BCUT2D eigenvalue weighted by Crippen LogP contribution is -2.50. The molecule has 5 heteroatoms. The Balaban J connectivity index is 3.61. The van der Waals surface area contributed by atoms with Crippen molar-refractivity contribution >= 4 is 5.91 Å². The fraction of sp³-hybridized carbons (Fsp3) is 0.904. The molecule has 0 saturated heterocycles. The molecule has 3 atom stereocenters. The molecule has 0 rings (SSSR count). The molecule has 0 spiro atoms. The van der Waals surface area contributed by atoms with E-state index in [0.717, 1.165) is 38.5 Å². The fourth-order valence-electron chi connectivity index (χ4n) is 8.04. The molecule has 0 radical (unpaired) electrons. The summed E-state index contributed by atoms with van der Waals surface area (Å²) in [4.78, 5) is 12.5. The van der Waals surface area contributed by atoms with E-state index < -0.39 is 18.2 Å². The summed E-state index contributed by atoms with van der Waals surface area (Å²) < 4.78 is 0. The van der Waals surface area contributed by atoms with Crippen molar-refractivity contribution in [1.29, 1.82) is 0 Å². The van der Waals surface area contributed by atoms with E-state index in [1.165, 1.54) is 212 Å². The van der Waals surface area contributed by atoms with Crippen molar-refractivity contribution in [2.24, 2.45) is 0 Å². The third-order valence-electron chi connectivity index (χ3n) is 12.0. The van der Waals surface area contributed by atoms with Crippen LogP contribution in [0.2, 0.25) is 0 Å². The van der Waals surface area contributed by atoms with Gasteiger partial charge in [0.2, 0.25) is 5.91 Å². The lowest BCUT2D eigenvalue weighted by atomic mass is 10.0. The van der Waals surface area contributed by atoms with Crippen LogP contribution < -0.4 is 5.32 Å². The number of unbranched alkanes of at least 4 members (excludes halogenated alkanes) is 35. The molecule has 0 aromatic heterocycles. The molecule has 0 aliphatic rings. The molecule has 1 amide bonds. The third kappa shape index (κ3) is 42.8. The molecule has 338 valence electrons.